The van der Waals surface area contributed by atoms with Gasteiger partial charge in [-0.3, -0.25) is 4.79 Å². The molecule has 0 unspecified atom stereocenters. The topological polar surface area (TPSA) is 105 Å². The summed E-state index contributed by atoms with van der Waals surface area (Å²) in [6.07, 6.45) is 4.75. The molecule has 3 atom stereocenters. The number of rotatable bonds is 6. The summed E-state index contributed by atoms with van der Waals surface area (Å²) in [4.78, 5) is 18.2. The zero-order chi connectivity index (χ0) is 18.4. The van der Waals surface area contributed by atoms with Gasteiger partial charge in [0.2, 0.25) is 5.91 Å². The van der Waals surface area contributed by atoms with E-state index >= 15 is 0 Å². The van der Waals surface area contributed by atoms with Gasteiger partial charge in [0.25, 0.3) is 0 Å². The van der Waals surface area contributed by atoms with E-state index in [9.17, 15) is 4.79 Å². The van der Waals surface area contributed by atoms with Gasteiger partial charge in [-0.2, -0.15) is 10.5 Å². The standard InChI is InChI=1S/C18H22N6OS/c19-6-14-2-4-17(23-9-14)22-8-13-1-3-15(5-13)21-10-18(25)24-12-26-11-16(24)7-20/h2,4,9,13,15-16,21H,1,3,5,8,10-12H2,(H,22,23)/t13-,15-,16-/m1/s1. The third-order valence-corrected chi connectivity index (χ3v) is 5.91. The maximum absolute atomic E-state index is 12.3. The van der Waals surface area contributed by atoms with Crippen LogP contribution in [-0.4, -0.2) is 52.6 Å². The molecule has 1 saturated carbocycles. The second-order valence-corrected chi connectivity index (χ2v) is 7.69. The summed E-state index contributed by atoms with van der Waals surface area (Å²) in [6.45, 7) is 1.14. The smallest absolute Gasteiger partial charge is 0.238 e. The molecule has 7 nitrogen and oxygen atoms in total. The number of carbonyl (C=O) groups excluding carboxylic acids is 1. The fourth-order valence-corrected chi connectivity index (χ4v) is 4.49. The van der Waals surface area contributed by atoms with E-state index in [0.29, 0.717) is 35.7 Å². The lowest BCUT2D eigenvalue weighted by Crippen LogP contribution is -2.43. The van der Waals surface area contributed by atoms with Gasteiger partial charge >= 0.3 is 0 Å². The maximum atomic E-state index is 12.3. The van der Waals surface area contributed by atoms with Crippen molar-refractivity contribution in [3.63, 3.8) is 0 Å². The number of amides is 1. The average molecular weight is 370 g/mol. The van der Waals surface area contributed by atoms with Crippen LogP contribution in [-0.2, 0) is 4.79 Å². The first kappa shape index (κ1) is 18.5. The Morgan fingerprint density at radius 3 is 3.00 bits per heavy atom. The van der Waals surface area contributed by atoms with Crippen molar-refractivity contribution < 1.29 is 4.79 Å². The number of thioether (sulfide) groups is 1. The van der Waals surface area contributed by atoms with Gasteiger partial charge in [0.15, 0.2) is 0 Å². The number of nitrogens with zero attached hydrogens (tertiary/aromatic N) is 4. The number of nitrogens with one attached hydrogen (secondary N) is 2. The predicted octanol–water partition coefficient (Wildman–Crippen LogP) is 1.55. The Bertz CT molecular complexity index is 710. The van der Waals surface area contributed by atoms with Crippen LogP contribution in [0.4, 0.5) is 5.82 Å². The molecule has 1 aromatic heterocycles. The average Bonchev–Trinajstić information content (AvgIpc) is 3.34. The molecular weight excluding hydrogens is 348 g/mol. The monoisotopic (exact) mass is 370 g/mol. The third kappa shape index (κ3) is 4.66. The van der Waals surface area contributed by atoms with Crippen LogP contribution in [0.25, 0.3) is 0 Å². The quantitative estimate of drug-likeness (QED) is 0.783. The van der Waals surface area contributed by atoms with Crippen LogP contribution >= 0.6 is 11.8 Å². The van der Waals surface area contributed by atoms with Crippen LogP contribution in [0.2, 0.25) is 0 Å². The summed E-state index contributed by atoms with van der Waals surface area (Å²) in [5.74, 6) is 2.67. The van der Waals surface area contributed by atoms with Crippen molar-refractivity contribution in [2.24, 2.45) is 5.92 Å². The molecule has 1 aromatic rings. The molecule has 26 heavy (non-hydrogen) atoms. The summed E-state index contributed by atoms with van der Waals surface area (Å²) in [6, 6.07) is 7.89. The summed E-state index contributed by atoms with van der Waals surface area (Å²) in [5.41, 5.74) is 0.556. The third-order valence-electron chi connectivity index (χ3n) is 4.90. The predicted molar refractivity (Wildman–Crippen MR) is 100 cm³/mol. The minimum atomic E-state index is -0.283. The maximum Gasteiger partial charge on any atom is 0.238 e. The van der Waals surface area contributed by atoms with E-state index in [1.807, 2.05) is 6.07 Å². The Balaban J connectivity index is 1.38. The van der Waals surface area contributed by atoms with Crippen molar-refractivity contribution in [2.75, 3.05) is 30.0 Å². The van der Waals surface area contributed by atoms with Crippen LogP contribution in [0, 0.1) is 28.6 Å². The lowest BCUT2D eigenvalue weighted by atomic mass is 10.1. The molecule has 8 heteroatoms. The molecule has 0 spiro atoms. The summed E-state index contributed by atoms with van der Waals surface area (Å²) in [5, 5.41) is 24.5. The highest BCUT2D eigenvalue weighted by molar-refractivity contribution is 7.99. The van der Waals surface area contributed by atoms with Gasteiger partial charge in [0.1, 0.15) is 17.9 Å². The van der Waals surface area contributed by atoms with Crippen LogP contribution in [0.15, 0.2) is 18.3 Å². The van der Waals surface area contributed by atoms with Gasteiger partial charge < -0.3 is 15.5 Å². The molecule has 1 aliphatic carbocycles. The number of hydrogen-bond acceptors (Lipinski definition) is 7. The molecule has 2 fully saturated rings. The lowest BCUT2D eigenvalue weighted by Gasteiger charge is -2.20. The van der Waals surface area contributed by atoms with E-state index in [4.69, 9.17) is 10.5 Å². The molecule has 1 amide bonds. The Morgan fingerprint density at radius 2 is 2.27 bits per heavy atom. The molecule has 2 aliphatic rings. The van der Waals surface area contributed by atoms with Gasteiger partial charge in [-0.05, 0) is 37.3 Å². The number of aromatic nitrogens is 1. The van der Waals surface area contributed by atoms with E-state index in [1.54, 1.807) is 28.9 Å². The van der Waals surface area contributed by atoms with E-state index in [0.717, 1.165) is 31.6 Å². The SMILES string of the molecule is N#Cc1ccc(NC[C@@H]2CC[C@@H](NCC(=O)N3CSC[C@H]3C#N)C2)nc1. The van der Waals surface area contributed by atoms with Crippen molar-refractivity contribution in [3.8, 4) is 12.1 Å². The Hall–Kier alpha value is -2.29. The largest absolute Gasteiger partial charge is 0.370 e. The van der Waals surface area contributed by atoms with Crippen LogP contribution in [0.1, 0.15) is 24.8 Å². The minimum Gasteiger partial charge on any atom is -0.370 e. The van der Waals surface area contributed by atoms with Crippen LogP contribution in [0.5, 0.6) is 0 Å². The second kappa shape index (κ2) is 8.88. The van der Waals surface area contributed by atoms with Gasteiger partial charge in [0, 0.05) is 24.5 Å². The van der Waals surface area contributed by atoms with E-state index in [2.05, 4.69) is 27.8 Å². The van der Waals surface area contributed by atoms with Gasteiger partial charge in [0.05, 0.1) is 24.1 Å². The van der Waals surface area contributed by atoms with Gasteiger partial charge in [-0.15, -0.1) is 11.8 Å². The number of carbonyl (C=O) groups is 1. The Morgan fingerprint density at radius 1 is 1.38 bits per heavy atom. The van der Waals surface area contributed by atoms with Gasteiger partial charge in [-0.25, -0.2) is 4.98 Å². The number of anilines is 1. The zero-order valence-corrected chi connectivity index (χ0v) is 15.3. The first-order valence-electron chi connectivity index (χ1n) is 8.80. The molecule has 0 aromatic carbocycles. The first-order chi connectivity index (χ1) is 12.7. The number of pyridine rings is 1. The second-order valence-electron chi connectivity index (χ2n) is 6.69. The first-order valence-corrected chi connectivity index (χ1v) is 9.95. The van der Waals surface area contributed by atoms with Crippen LogP contribution in [0.3, 0.4) is 0 Å². The van der Waals surface area contributed by atoms with Crippen molar-refractivity contribution in [1.82, 2.24) is 15.2 Å². The van der Waals surface area contributed by atoms with E-state index in [-0.39, 0.29) is 11.9 Å². The van der Waals surface area contributed by atoms with Crippen LogP contribution < -0.4 is 10.6 Å². The zero-order valence-electron chi connectivity index (χ0n) is 14.5. The molecule has 2 heterocycles. The van der Waals surface area contributed by atoms with Crippen molar-refractivity contribution >= 4 is 23.5 Å². The molecule has 136 valence electrons. The Labute approximate surface area is 157 Å². The molecular formula is C18H22N6OS. The summed E-state index contributed by atoms with van der Waals surface area (Å²) < 4.78 is 0. The van der Waals surface area contributed by atoms with Crippen molar-refractivity contribution in [1.29, 1.82) is 10.5 Å². The van der Waals surface area contributed by atoms with Crippen molar-refractivity contribution in [2.45, 2.75) is 31.3 Å². The molecule has 1 aliphatic heterocycles. The highest BCUT2D eigenvalue weighted by Gasteiger charge is 2.30. The van der Waals surface area contributed by atoms with E-state index < -0.39 is 0 Å². The highest BCUT2D eigenvalue weighted by atomic mass is 32.2. The number of nitriles is 2. The molecule has 1 saturated heterocycles. The number of hydrogen-bond donors (Lipinski definition) is 2. The van der Waals surface area contributed by atoms with E-state index in [1.165, 1.54) is 0 Å². The minimum absolute atomic E-state index is 0.0184. The van der Waals surface area contributed by atoms with Crippen molar-refractivity contribution in [3.05, 3.63) is 23.9 Å². The molecule has 0 bridgehead atoms. The normalized spacial score (nSPS) is 24.8. The molecule has 0 radical (unpaired) electrons. The summed E-state index contributed by atoms with van der Waals surface area (Å²) >= 11 is 1.63. The molecule has 2 N–H and O–H groups in total. The Kier molecular flexibility index (Phi) is 6.32. The lowest BCUT2D eigenvalue weighted by molar-refractivity contribution is -0.129. The molecule has 3 rings (SSSR count). The highest BCUT2D eigenvalue weighted by Crippen LogP contribution is 2.26. The summed E-state index contributed by atoms with van der Waals surface area (Å²) in [7, 11) is 0. The fraction of sp³-hybridized carbons (Fsp3) is 0.556. The van der Waals surface area contributed by atoms with Gasteiger partial charge in [-0.1, -0.05) is 0 Å². The fourth-order valence-electron chi connectivity index (χ4n) is 3.39.